The number of nitrogen functional groups attached to an aromatic ring is 1. The van der Waals surface area contributed by atoms with Gasteiger partial charge in [-0.1, -0.05) is 23.7 Å². The van der Waals surface area contributed by atoms with Gasteiger partial charge in [0.05, 0.1) is 5.52 Å². The Morgan fingerprint density at radius 1 is 1.05 bits per heavy atom. The van der Waals surface area contributed by atoms with Crippen LogP contribution >= 0.6 is 11.6 Å². The quantitative estimate of drug-likeness (QED) is 0.712. The Morgan fingerprint density at radius 3 is 2.67 bits per heavy atom. The van der Waals surface area contributed by atoms with Crippen LogP contribution in [0, 0.1) is 0 Å². The molecule has 0 amide bonds. The minimum atomic E-state index is 0.730. The van der Waals surface area contributed by atoms with E-state index in [0.29, 0.717) is 0 Å². The standard InChI is InChI=1S/C17H16ClN3/c18-13-3-1-12(2-4-13)7-9-20-16-8-10-21-17-11-14(19)5-6-15(16)17/h1-6,8,10-11H,7,9,19H2,(H,20,21). The fourth-order valence-corrected chi connectivity index (χ4v) is 2.44. The lowest BCUT2D eigenvalue weighted by molar-refractivity contribution is 1.02. The van der Waals surface area contributed by atoms with Gasteiger partial charge >= 0.3 is 0 Å². The summed E-state index contributed by atoms with van der Waals surface area (Å²) in [6.07, 6.45) is 2.74. The van der Waals surface area contributed by atoms with Gasteiger partial charge in [0.2, 0.25) is 0 Å². The van der Waals surface area contributed by atoms with Gasteiger partial charge in [0, 0.05) is 34.5 Å². The minimum Gasteiger partial charge on any atom is -0.399 e. The average Bonchev–Trinajstić information content (AvgIpc) is 2.49. The molecule has 3 N–H and O–H groups in total. The summed E-state index contributed by atoms with van der Waals surface area (Å²) in [6, 6.07) is 15.7. The third-order valence-electron chi connectivity index (χ3n) is 3.41. The number of benzene rings is 2. The number of halogens is 1. The van der Waals surface area contributed by atoms with E-state index in [0.717, 1.165) is 40.3 Å². The van der Waals surface area contributed by atoms with Crippen molar-refractivity contribution in [2.75, 3.05) is 17.6 Å². The van der Waals surface area contributed by atoms with E-state index in [4.69, 9.17) is 17.3 Å². The van der Waals surface area contributed by atoms with E-state index in [1.54, 1.807) is 6.20 Å². The first-order valence-electron chi connectivity index (χ1n) is 6.85. The van der Waals surface area contributed by atoms with Gasteiger partial charge in [-0.3, -0.25) is 4.98 Å². The Kier molecular flexibility index (Phi) is 3.93. The van der Waals surface area contributed by atoms with Crippen LogP contribution in [-0.4, -0.2) is 11.5 Å². The molecule has 1 aromatic heterocycles. The molecule has 106 valence electrons. The molecule has 1 heterocycles. The first kappa shape index (κ1) is 13.7. The lowest BCUT2D eigenvalue weighted by Gasteiger charge is -2.10. The molecule has 0 saturated carbocycles. The average molecular weight is 298 g/mol. The number of nitrogens with one attached hydrogen (secondary N) is 1. The number of hydrogen-bond acceptors (Lipinski definition) is 3. The van der Waals surface area contributed by atoms with Gasteiger partial charge < -0.3 is 11.1 Å². The van der Waals surface area contributed by atoms with Gasteiger partial charge in [0.1, 0.15) is 0 Å². The lowest BCUT2D eigenvalue weighted by Crippen LogP contribution is -2.05. The van der Waals surface area contributed by atoms with E-state index in [2.05, 4.69) is 22.4 Å². The maximum Gasteiger partial charge on any atom is 0.0743 e. The minimum absolute atomic E-state index is 0.730. The van der Waals surface area contributed by atoms with Crippen molar-refractivity contribution in [1.29, 1.82) is 0 Å². The number of nitrogens with zero attached hydrogens (tertiary/aromatic N) is 1. The second kappa shape index (κ2) is 6.02. The predicted molar refractivity (Wildman–Crippen MR) is 89.8 cm³/mol. The summed E-state index contributed by atoms with van der Waals surface area (Å²) >= 11 is 5.89. The van der Waals surface area contributed by atoms with Crippen molar-refractivity contribution in [1.82, 2.24) is 4.98 Å². The van der Waals surface area contributed by atoms with Crippen molar-refractivity contribution in [3.05, 3.63) is 65.3 Å². The van der Waals surface area contributed by atoms with E-state index in [9.17, 15) is 0 Å². The van der Waals surface area contributed by atoms with Gasteiger partial charge in [-0.25, -0.2) is 0 Å². The van der Waals surface area contributed by atoms with Crippen molar-refractivity contribution in [3.63, 3.8) is 0 Å². The van der Waals surface area contributed by atoms with Crippen LogP contribution in [0.3, 0.4) is 0 Å². The summed E-state index contributed by atoms with van der Waals surface area (Å²) in [6.45, 7) is 0.852. The smallest absolute Gasteiger partial charge is 0.0743 e. The first-order chi connectivity index (χ1) is 10.2. The monoisotopic (exact) mass is 297 g/mol. The highest BCUT2D eigenvalue weighted by Gasteiger charge is 2.02. The highest BCUT2D eigenvalue weighted by Crippen LogP contribution is 2.23. The summed E-state index contributed by atoms with van der Waals surface area (Å²) in [5.74, 6) is 0. The van der Waals surface area contributed by atoms with Crippen molar-refractivity contribution >= 4 is 33.9 Å². The first-order valence-corrected chi connectivity index (χ1v) is 7.23. The molecule has 0 bridgehead atoms. The molecule has 0 radical (unpaired) electrons. The molecule has 3 aromatic rings. The molecular formula is C17H16ClN3. The van der Waals surface area contributed by atoms with E-state index in [-0.39, 0.29) is 0 Å². The molecule has 0 saturated heterocycles. The normalized spacial score (nSPS) is 10.7. The third-order valence-corrected chi connectivity index (χ3v) is 3.66. The van der Waals surface area contributed by atoms with E-state index < -0.39 is 0 Å². The summed E-state index contributed by atoms with van der Waals surface area (Å²) in [4.78, 5) is 4.34. The second-order valence-corrected chi connectivity index (χ2v) is 5.37. The lowest BCUT2D eigenvalue weighted by atomic mass is 10.1. The Balaban J connectivity index is 1.72. The molecule has 0 aliphatic carbocycles. The molecule has 0 aliphatic heterocycles. The fourth-order valence-electron chi connectivity index (χ4n) is 2.31. The molecule has 3 nitrogen and oxygen atoms in total. The summed E-state index contributed by atoms with van der Waals surface area (Å²) < 4.78 is 0. The number of aromatic nitrogens is 1. The molecule has 21 heavy (non-hydrogen) atoms. The van der Waals surface area contributed by atoms with Crippen LogP contribution in [0.25, 0.3) is 10.9 Å². The highest BCUT2D eigenvalue weighted by atomic mass is 35.5. The molecule has 0 spiro atoms. The maximum atomic E-state index is 5.89. The number of pyridine rings is 1. The van der Waals surface area contributed by atoms with Gasteiger partial charge in [0.25, 0.3) is 0 Å². The molecule has 2 aromatic carbocycles. The number of fused-ring (bicyclic) bond motifs is 1. The zero-order chi connectivity index (χ0) is 14.7. The topological polar surface area (TPSA) is 50.9 Å². The van der Waals surface area contributed by atoms with Crippen molar-refractivity contribution in [3.8, 4) is 0 Å². The van der Waals surface area contributed by atoms with E-state index in [1.807, 2.05) is 36.4 Å². The molecule has 0 unspecified atom stereocenters. The molecule has 3 rings (SSSR count). The number of hydrogen-bond donors (Lipinski definition) is 2. The van der Waals surface area contributed by atoms with Gasteiger partial charge in [0.15, 0.2) is 0 Å². The third kappa shape index (κ3) is 3.26. The number of anilines is 2. The van der Waals surface area contributed by atoms with Crippen LogP contribution < -0.4 is 11.1 Å². The molecule has 0 fully saturated rings. The zero-order valence-electron chi connectivity index (χ0n) is 11.5. The van der Waals surface area contributed by atoms with Gasteiger partial charge in [-0.15, -0.1) is 0 Å². The van der Waals surface area contributed by atoms with Gasteiger partial charge in [-0.05, 0) is 48.4 Å². The van der Waals surface area contributed by atoms with Crippen molar-refractivity contribution in [2.24, 2.45) is 0 Å². The van der Waals surface area contributed by atoms with E-state index in [1.165, 1.54) is 5.56 Å². The summed E-state index contributed by atoms with van der Waals surface area (Å²) in [7, 11) is 0. The second-order valence-electron chi connectivity index (χ2n) is 4.94. The Labute approximate surface area is 128 Å². The predicted octanol–water partition coefficient (Wildman–Crippen LogP) is 4.13. The summed E-state index contributed by atoms with van der Waals surface area (Å²) in [5.41, 5.74) is 9.77. The maximum absolute atomic E-state index is 5.89. The Morgan fingerprint density at radius 2 is 1.86 bits per heavy atom. The molecule has 0 atom stereocenters. The van der Waals surface area contributed by atoms with Crippen LogP contribution in [0.4, 0.5) is 11.4 Å². The largest absolute Gasteiger partial charge is 0.399 e. The molecular weight excluding hydrogens is 282 g/mol. The van der Waals surface area contributed by atoms with Crippen LogP contribution in [0.15, 0.2) is 54.7 Å². The Hall–Kier alpha value is -2.26. The van der Waals surface area contributed by atoms with Gasteiger partial charge in [-0.2, -0.15) is 0 Å². The van der Waals surface area contributed by atoms with Crippen molar-refractivity contribution < 1.29 is 0 Å². The number of nitrogens with two attached hydrogens (primary N) is 1. The molecule has 4 heteroatoms. The zero-order valence-corrected chi connectivity index (χ0v) is 12.3. The summed E-state index contributed by atoms with van der Waals surface area (Å²) in [5, 5.41) is 5.31. The fraction of sp³-hybridized carbons (Fsp3) is 0.118. The van der Waals surface area contributed by atoms with Crippen molar-refractivity contribution in [2.45, 2.75) is 6.42 Å². The van der Waals surface area contributed by atoms with Crippen LogP contribution in [0.1, 0.15) is 5.56 Å². The molecule has 0 aliphatic rings. The van der Waals surface area contributed by atoms with Crippen LogP contribution in [-0.2, 0) is 6.42 Å². The Bertz CT molecular complexity index is 754. The van der Waals surface area contributed by atoms with E-state index >= 15 is 0 Å². The van der Waals surface area contributed by atoms with Crippen LogP contribution in [0.5, 0.6) is 0 Å². The number of rotatable bonds is 4. The van der Waals surface area contributed by atoms with Crippen LogP contribution in [0.2, 0.25) is 5.02 Å². The SMILES string of the molecule is Nc1ccc2c(NCCc3ccc(Cl)cc3)ccnc2c1. The highest BCUT2D eigenvalue weighted by molar-refractivity contribution is 6.30.